The molecule has 3 aromatic rings. The van der Waals surface area contributed by atoms with Crippen LogP contribution in [0.5, 0.6) is 0 Å². The van der Waals surface area contributed by atoms with Crippen molar-refractivity contribution in [2.45, 2.75) is 0 Å². The standard InChI is InChI=1S/C11H7N3O4/c15-9-3-4-14(10(16)13-9)6-1-2-7-8(5-6)18-11(17)12-7/h1-5H,(H,12,17)(H,13,15,16). The largest absolute Gasteiger partial charge is 0.417 e. The number of hydrogen-bond acceptors (Lipinski definition) is 4. The lowest BCUT2D eigenvalue weighted by molar-refractivity contribution is 0.555. The maximum Gasteiger partial charge on any atom is 0.417 e. The summed E-state index contributed by atoms with van der Waals surface area (Å²) in [6, 6.07) is 6.02. The fraction of sp³-hybridized carbons (Fsp3) is 0. The zero-order valence-corrected chi connectivity index (χ0v) is 8.97. The molecule has 2 heterocycles. The Morgan fingerprint density at radius 3 is 2.67 bits per heavy atom. The van der Waals surface area contributed by atoms with Crippen molar-refractivity contribution >= 4 is 11.1 Å². The van der Waals surface area contributed by atoms with Crippen LogP contribution < -0.4 is 17.0 Å². The van der Waals surface area contributed by atoms with E-state index in [0.29, 0.717) is 16.8 Å². The molecule has 7 heteroatoms. The summed E-state index contributed by atoms with van der Waals surface area (Å²) < 4.78 is 6.14. The van der Waals surface area contributed by atoms with Gasteiger partial charge in [-0.15, -0.1) is 0 Å². The zero-order chi connectivity index (χ0) is 12.7. The Labute approximate surface area is 98.3 Å². The number of H-pyrrole nitrogens is 2. The summed E-state index contributed by atoms with van der Waals surface area (Å²) in [5.41, 5.74) is 0.355. The molecule has 90 valence electrons. The van der Waals surface area contributed by atoms with Crippen molar-refractivity contribution < 1.29 is 4.42 Å². The molecule has 0 bridgehead atoms. The van der Waals surface area contributed by atoms with Gasteiger partial charge in [-0.2, -0.15) is 0 Å². The van der Waals surface area contributed by atoms with E-state index in [9.17, 15) is 14.4 Å². The van der Waals surface area contributed by atoms with E-state index in [2.05, 4.69) is 9.97 Å². The van der Waals surface area contributed by atoms with Crippen LogP contribution in [0.4, 0.5) is 0 Å². The highest BCUT2D eigenvalue weighted by molar-refractivity contribution is 5.74. The van der Waals surface area contributed by atoms with Gasteiger partial charge in [0.2, 0.25) is 0 Å². The number of nitrogens with zero attached hydrogens (tertiary/aromatic N) is 1. The number of rotatable bonds is 1. The minimum Gasteiger partial charge on any atom is -0.408 e. The van der Waals surface area contributed by atoms with Gasteiger partial charge in [0.25, 0.3) is 5.56 Å². The Bertz CT molecular complexity index is 897. The maximum atomic E-state index is 11.6. The summed E-state index contributed by atoms with van der Waals surface area (Å²) in [4.78, 5) is 38.2. The van der Waals surface area contributed by atoms with Gasteiger partial charge in [0, 0.05) is 18.3 Å². The number of benzene rings is 1. The quantitative estimate of drug-likeness (QED) is 0.628. The molecule has 0 spiro atoms. The van der Waals surface area contributed by atoms with E-state index in [1.54, 1.807) is 12.1 Å². The molecule has 1 aromatic carbocycles. The minimum atomic E-state index is -0.559. The number of oxazole rings is 1. The van der Waals surface area contributed by atoms with Crippen LogP contribution in [-0.2, 0) is 0 Å². The van der Waals surface area contributed by atoms with E-state index in [0.717, 1.165) is 0 Å². The number of aromatic nitrogens is 3. The summed E-state index contributed by atoms with van der Waals surface area (Å²) >= 11 is 0. The van der Waals surface area contributed by atoms with Gasteiger partial charge in [0.15, 0.2) is 5.58 Å². The van der Waals surface area contributed by atoms with Crippen LogP contribution in [0.25, 0.3) is 16.8 Å². The Kier molecular flexibility index (Phi) is 2.06. The maximum absolute atomic E-state index is 11.6. The average molecular weight is 245 g/mol. The van der Waals surface area contributed by atoms with E-state index < -0.39 is 17.0 Å². The fourth-order valence-corrected chi connectivity index (χ4v) is 1.70. The van der Waals surface area contributed by atoms with E-state index >= 15 is 0 Å². The van der Waals surface area contributed by atoms with Crippen LogP contribution in [-0.4, -0.2) is 14.5 Å². The van der Waals surface area contributed by atoms with Crippen LogP contribution in [0.3, 0.4) is 0 Å². The number of aromatic amines is 2. The molecule has 0 aliphatic carbocycles. The molecule has 18 heavy (non-hydrogen) atoms. The molecule has 0 aliphatic heterocycles. The Morgan fingerprint density at radius 1 is 1.06 bits per heavy atom. The Balaban J connectivity index is 2.28. The molecule has 0 unspecified atom stereocenters. The highest BCUT2D eigenvalue weighted by Gasteiger charge is 2.05. The second-order valence-corrected chi connectivity index (χ2v) is 3.68. The molecule has 0 saturated heterocycles. The molecule has 0 radical (unpaired) electrons. The van der Waals surface area contributed by atoms with Crippen LogP contribution in [0, 0.1) is 0 Å². The van der Waals surface area contributed by atoms with Crippen molar-refractivity contribution in [3.8, 4) is 5.69 Å². The molecule has 3 rings (SSSR count). The van der Waals surface area contributed by atoms with E-state index in [-0.39, 0.29) is 0 Å². The molecular formula is C11H7N3O4. The SMILES string of the molecule is O=c1ccn(-c2ccc3[nH]c(=O)oc3c2)c(=O)[nH]1. The van der Waals surface area contributed by atoms with Crippen LogP contribution >= 0.6 is 0 Å². The lowest BCUT2D eigenvalue weighted by atomic mass is 10.3. The Hall–Kier alpha value is -2.83. The predicted molar refractivity (Wildman–Crippen MR) is 63.1 cm³/mol. The predicted octanol–water partition coefficient (Wildman–Crippen LogP) is -0.0397. The third-order valence-electron chi connectivity index (χ3n) is 2.51. The number of nitrogens with one attached hydrogen (secondary N) is 2. The van der Waals surface area contributed by atoms with Gasteiger partial charge in [-0.1, -0.05) is 0 Å². The lowest BCUT2D eigenvalue weighted by Crippen LogP contribution is -2.27. The van der Waals surface area contributed by atoms with Crippen LogP contribution in [0.1, 0.15) is 0 Å². The van der Waals surface area contributed by atoms with Crippen molar-refractivity contribution in [1.82, 2.24) is 14.5 Å². The molecule has 7 nitrogen and oxygen atoms in total. The molecule has 0 amide bonds. The second kappa shape index (κ2) is 3.59. The topological polar surface area (TPSA) is 101 Å². The summed E-state index contributed by atoms with van der Waals surface area (Å²) in [5.74, 6) is -0.559. The van der Waals surface area contributed by atoms with E-state index in [4.69, 9.17) is 4.42 Å². The highest BCUT2D eigenvalue weighted by atomic mass is 16.4. The molecule has 0 saturated carbocycles. The third kappa shape index (κ3) is 1.58. The zero-order valence-electron chi connectivity index (χ0n) is 8.97. The van der Waals surface area contributed by atoms with E-state index in [1.165, 1.54) is 22.9 Å². The molecule has 0 atom stereocenters. The summed E-state index contributed by atoms with van der Waals surface area (Å²) in [5, 5.41) is 0. The highest BCUT2D eigenvalue weighted by Crippen LogP contribution is 2.14. The van der Waals surface area contributed by atoms with Crippen LogP contribution in [0.15, 0.2) is 49.3 Å². The van der Waals surface area contributed by atoms with Crippen molar-refractivity contribution in [2.75, 3.05) is 0 Å². The van der Waals surface area contributed by atoms with Gasteiger partial charge >= 0.3 is 11.4 Å². The van der Waals surface area contributed by atoms with Gasteiger partial charge < -0.3 is 4.42 Å². The van der Waals surface area contributed by atoms with Crippen molar-refractivity contribution in [3.63, 3.8) is 0 Å². The Morgan fingerprint density at radius 2 is 1.89 bits per heavy atom. The fourth-order valence-electron chi connectivity index (χ4n) is 1.70. The second-order valence-electron chi connectivity index (χ2n) is 3.68. The summed E-state index contributed by atoms with van der Waals surface area (Å²) in [7, 11) is 0. The van der Waals surface area contributed by atoms with E-state index in [1.807, 2.05) is 0 Å². The van der Waals surface area contributed by atoms with Crippen molar-refractivity contribution in [2.24, 2.45) is 0 Å². The first-order valence-electron chi connectivity index (χ1n) is 5.09. The normalized spacial score (nSPS) is 10.9. The number of hydrogen-bond donors (Lipinski definition) is 2. The summed E-state index contributed by atoms with van der Waals surface area (Å²) in [6.07, 6.45) is 1.35. The molecule has 2 aromatic heterocycles. The average Bonchev–Trinajstić information content (AvgIpc) is 2.68. The van der Waals surface area contributed by atoms with Crippen LogP contribution in [0.2, 0.25) is 0 Å². The number of fused-ring (bicyclic) bond motifs is 1. The monoisotopic (exact) mass is 245 g/mol. The van der Waals surface area contributed by atoms with Crippen molar-refractivity contribution in [3.05, 3.63) is 61.9 Å². The first kappa shape index (κ1) is 10.3. The molecule has 2 N–H and O–H groups in total. The smallest absolute Gasteiger partial charge is 0.408 e. The van der Waals surface area contributed by atoms with Gasteiger partial charge in [0.05, 0.1) is 11.2 Å². The van der Waals surface area contributed by atoms with Gasteiger partial charge in [-0.25, -0.2) is 9.59 Å². The van der Waals surface area contributed by atoms with Gasteiger partial charge in [0.1, 0.15) is 0 Å². The van der Waals surface area contributed by atoms with Gasteiger partial charge in [-0.3, -0.25) is 19.3 Å². The van der Waals surface area contributed by atoms with Gasteiger partial charge in [-0.05, 0) is 12.1 Å². The summed E-state index contributed by atoms with van der Waals surface area (Å²) in [6.45, 7) is 0. The first-order chi connectivity index (χ1) is 8.63. The van der Waals surface area contributed by atoms with Crippen molar-refractivity contribution in [1.29, 1.82) is 0 Å². The molecular weight excluding hydrogens is 238 g/mol. The molecule has 0 aliphatic rings. The first-order valence-corrected chi connectivity index (χ1v) is 5.09. The molecule has 0 fully saturated rings. The lowest BCUT2D eigenvalue weighted by Gasteiger charge is -2.03. The minimum absolute atomic E-state index is 0.343. The third-order valence-corrected chi connectivity index (χ3v) is 2.51.